The molecule has 0 aromatic carbocycles. The van der Waals surface area contributed by atoms with E-state index >= 15 is 0 Å². The number of nitro groups is 1. The van der Waals surface area contributed by atoms with E-state index in [2.05, 4.69) is 15.8 Å². The van der Waals surface area contributed by atoms with Crippen molar-refractivity contribution >= 4 is 29.4 Å². The van der Waals surface area contributed by atoms with Crippen LogP contribution in [-0.4, -0.2) is 22.8 Å². The van der Waals surface area contributed by atoms with Crippen molar-refractivity contribution in [3.05, 3.63) is 28.0 Å². The van der Waals surface area contributed by atoms with Crippen LogP contribution in [0.2, 0.25) is 0 Å². The van der Waals surface area contributed by atoms with Gasteiger partial charge in [0.25, 0.3) is 0 Å². The van der Waals surface area contributed by atoms with Crippen molar-refractivity contribution < 1.29 is 9.34 Å². The van der Waals surface area contributed by atoms with Crippen molar-refractivity contribution in [2.75, 3.05) is 6.54 Å². The highest BCUT2D eigenvalue weighted by Gasteiger charge is 2.09. The minimum Gasteiger partial charge on any atom is -0.400 e. The number of hydrogen-bond acceptors (Lipinski definition) is 5. The van der Waals surface area contributed by atoms with Gasteiger partial charge in [-0.15, -0.1) is 0 Å². The summed E-state index contributed by atoms with van der Waals surface area (Å²) in [7, 11) is 0. The summed E-state index contributed by atoms with van der Waals surface area (Å²) in [6.45, 7) is 2.58. The summed E-state index contributed by atoms with van der Waals surface area (Å²) in [6, 6.07) is 2.70. The van der Waals surface area contributed by atoms with Gasteiger partial charge in [-0.05, 0) is 25.2 Å². The molecule has 0 atom stereocenters. The molecule has 0 fully saturated rings. The van der Waals surface area contributed by atoms with Crippen LogP contribution in [0.3, 0.4) is 0 Å². The molecule has 0 radical (unpaired) electrons. The lowest BCUT2D eigenvalue weighted by Gasteiger charge is -2.01. The first-order chi connectivity index (χ1) is 7.63. The van der Waals surface area contributed by atoms with Gasteiger partial charge in [0.05, 0.1) is 12.3 Å². The second kappa shape index (κ2) is 5.81. The quantitative estimate of drug-likeness (QED) is 0.354. The molecule has 0 spiro atoms. The van der Waals surface area contributed by atoms with E-state index < -0.39 is 4.92 Å². The molecule has 1 heterocycles. The minimum absolute atomic E-state index is 0.276. The third kappa shape index (κ3) is 3.65. The molecule has 1 aromatic heterocycles. The zero-order chi connectivity index (χ0) is 12.0. The van der Waals surface area contributed by atoms with Crippen molar-refractivity contribution in [2.24, 2.45) is 5.10 Å². The van der Waals surface area contributed by atoms with Gasteiger partial charge in [0.2, 0.25) is 0 Å². The van der Waals surface area contributed by atoms with Crippen LogP contribution in [0.15, 0.2) is 21.7 Å². The van der Waals surface area contributed by atoms with Crippen molar-refractivity contribution in [2.45, 2.75) is 6.92 Å². The van der Waals surface area contributed by atoms with Crippen molar-refractivity contribution in [1.29, 1.82) is 0 Å². The molecule has 0 saturated heterocycles. The zero-order valence-electron chi connectivity index (χ0n) is 8.47. The van der Waals surface area contributed by atoms with Gasteiger partial charge in [0, 0.05) is 6.54 Å². The summed E-state index contributed by atoms with van der Waals surface area (Å²) in [5.41, 5.74) is 2.53. The van der Waals surface area contributed by atoms with Crippen LogP contribution in [0.5, 0.6) is 0 Å². The van der Waals surface area contributed by atoms with E-state index in [1.54, 1.807) is 0 Å². The standard InChI is InChI=1S/C8H10N4O3S/c1-2-9-8(16)11-10-5-6-3-4-7(15-6)12(13)14/h3-5H,2H2,1H3,(H2,9,11,16)/b10-5+. The van der Waals surface area contributed by atoms with Crippen LogP contribution < -0.4 is 10.7 Å². The highest BCUT2D eigenvalue weighted by atomic mass is 32.1. The van der Waals surface area contributed by atoms with Crippen LogP contribution in [0.1, 0.15) is 12.7 Å². The summed E-state index contributed by atoms with van der Waals surface area (Å²) < 4.78 is 4.83. The van der Waals surface area contributed by atoms with E-state index in [0.717, 1.165) is 0 Å². The average Bonchev–Trinajstić information content (AvgIpc) is 2.67. The fourth-order valence-corrected chi connectivity index (χ4v) is 1.06. The van der Waals surface area contributed by atoms with Crippen LogP contribution in [0.25, 0.3) is 0 Å². The van der Waals surface area contributed by atoms with Crippen LogP contribution >= 0.6 is 12.2 Å². The number of nitrogens with one attached hydrogen (secondary N) is 2. The Morgan fingerprint density at radius 1 is 1.75 bits per heavy atom. The lowest BCUT2D eigenvalue weighted by Crippen LogP contribution is -2.31. The molecular formula is C8H10N4O3S. The second-order valence-corrected chi connectivity index (χ2v) is 3.07. The van der Waals surface area contributed by atoms with Gasteiger partial charge in [-0.25, -0.2) is 0 Å². The summed E-state index contributed by atoms with van der Waals surface area (Å²) in [6.07, 6.45) is 1.30. The van der Waals surface area contributed by atoms with E-state index in [1.165, 1.54) is 18.3 Å². The number of nitrogens with zero attached hydrogens (tertiary/aromatic N) is 2. The molecule has 8 heteroatoms. The maximum atomic E-state index is 10.3. The molecule has 86 valence electrons. The predicted molar refractivity (Wildman–Crippen MR) is 62.4 cm³/mol. The minimum atomic E-state index is -0.617. The second-order valence-electron chi connectivity index (χ2n) is 2.66. The van der Waals surface area contributed by atoms with Gasteiger partial charge < -0.3 is 9.73 Å². The van der Waals surface area contributed by atoms with Crippen LogP contribution in [-0.2, 0) is 0 Å². The fourth-order valence-electron chi connectivity index (χ4n) is 0.864. The largest absolute Gasteiger partial charge is 0.433 e. The Balaban J connectivity index is 2.50. The molecular weight excluding hydrogens is 232 g/mol. The molecule has 2 N–H and O–H groups in total. The summed E-state index contributed by atoms with van der Waals surface area (Å²) in [5, 5.41) is 17.2. The molecule has 0 aliphatic heterocycles. The number of rotatable bonds is 4. The number of thiocarbonyl (C=S) groups is 1. The summed E-state index contributed by atoms with van der Waals surface area (Å²) in [5.74, 6) is -0.0470. The average molecular weight is 242 g/mol. The molecule has 0 amide bonds. The Morgan fingerprint density at radius 2 is 2.50 bits per heavy atom. The normalized spacial score (nSPS) is 10.3. The van der Waals surface area contributed by atoms with Gasteiger partial charge in [0.15, 0.2) is 10.9 Å². The Labute approximate surface area is 96.7 Å². The van der Waals surface area contributed by atoms with Gasteiger partial charge in [-0.1, -0.05) is 0 Å². The molecule has 0 aliphatic rings. The van der Waals surface area contributed by atoms with E-state index in [-0.39, 0.29) is 11.6 Å². The highest BCUT2D eigenvalue weighted by Crippen LogP contribution is 2.13. The molecule has 1 rings (SSSR count). The van der Waals surface area contributed by atoms with E-state index in [4.69, 9.17) is 16.6 Å². The van der Waals surface area contributed by atoms with Crippen molar-refractivity contribution in [3.8, 4) is 0 Å². The summed E-state index contributed by atoms with van der Waals surface area (Å²) in [4.78, 5) is 9.69. The lowest BCUT2D eigenvalue weighted by atomic mass is 10.5. The zero-order valence-corrected chi connectivity index (χ0v) is 9.28. The Hall–Kier alpha value is -1.96. The number of hydrogen-bond donors (Lipinski definition) is 2. The first-order valence-electron chi connectivity index (χ1n) is 4.44. The van der Waals surface area contributed by atoms with Crippen molar-refractivity contribution in [1.82, 2.24) is 10.7 Å². The maximum Gasteiger partial charge on any atom is 0.433 e. The fraction of sp³-hybridized carbons (Fsp3) is 0.250. The number of furan rings is 1. The highest BCUT2D eigenvalue weighted by molar-refractivity contribution is 7.80. The molecule has 7 nitrogen and oxygen atoms in total. The van der Waals surface area contributed by atoms with Crippen molar-refractivity contribution in [3.63, 3.8) is 0 Å². The third-order valence-electron chi connectivity index (χ3n) is 1.49. The smallest absolute Gasteiger partial charge is 0.400 e. The molecule has 16 heavy (non-hydrogen) atoms. The van der Waals surface area contributed by atoms with Gasteiger partial charge >= 0.3 is 5.88 Å². The molecule has 0 aliphatic carbocycles. The number of hydrazone groups is 1. The Kier molecular flexibility index (Phi) is 4.40. The van der Waals surface area contributed by atoms with E-state index in [1.807, 2.05) is 6.92 Å². The summed E-state index contributed by atoms with van der Waals surface area (Å²) >= 11 is 4.84. The monoisotopic (exact) mass is 242 g/mol. The maximum absolute atomic E-state index is 10.3. The van der Waals surface area contributed by atoms with Crippen LogP contribution in [0.4, 0.5) is 5.88 Å². The van der Waals surface area contributed by atoms with Gasteiger partial charge in [-0.3, -0.25) is 15.5 Å². The third-order valence-corrected chi connectivity index (χ3v) is 1.72. The molecule has 0 bridgehead atoms. The van der Waals surface area contributed by atoms with E-state index in [9.17, 15) is 10.1 Å². The Morgan fingerprint density at radius 3 is 3.06 bits per heavy atom. The molecule has 1 aromatic rings. The molecule has 0 unspecified atom stereocenters. The van der Waals surface area contributed by atoms with Gasteiger partial charge in [0.1, 0.15) is 4.92 Å². The molecule has 0 saturated carbocycles. The Bertz CT molecular complexity index is 415. The SMILES string of the molecule is CCNC(=S)N/N=C/c1ccc([N+](=O)[O-])o1. The first kappa shape index (κ1) is 12.1. The first-order valence-corrected chi connectivity index (χ1v) is 4.85. The van der Waals surface area contributed by atoms with Crippen LogP contribution in [0, 0.1) is 10.1 Å². The van der Waals surface area contributed by atoms with E-state index in [0.29, 0.717) is 11.7 Å². The van der Waals surface area contributed by atoms with Gasteiger partial charge in [-0.2, -0.15) is 5.10 Å². The topological polar surface area (TPSA) is 92.7 Å². The predicted octanol–water partition coefficient (Wildman–Crippen LogP) is 1.01. The lowest BCUT2D eigenvalue weighted by molar-refractivity contribution is -0.402.